The van der Waals surface area contributed by atoms with Crippen molar-refractivity contribution in [3.8, 4) is 0 Å². The number of anilines is 1. The van der Waals surface area contributed by atoms with Crippen LogP contribution in [0.25, 0.3) is 0 Å². The lowest BCUT2D eigenvalue weighted by Crippen LogP contribution is -2.28. The normalized spacial score (nSPS) is 12.4. The molecule has 1 aromatic heterocycles. The highest BCUT2D eigenvalue weighted by atomic mass is 16.5. The molecule has 1 aliphatic rings. The molecule has 0 radical (unpaired) electrons. The molecule has 0 bridgehead atoms. The first-order valence-electron chi connectivity index (χ1n) is 7.70. The van der Waals surface area contributed by atoms with Crippen LogP contribution < -0.4 is 5.32 Å². The van der Waals surface area contributed by atoms with Gasteiger partial charge >= 0.3 is 0 Å². The Morgan fingerprint density at radius 3 is 2.10 bits per heavy atom. The second-order valence-corrected chi connectivity index (χ2v) is 4.17. The Balaban J connectivity index is 0. The van der Waals surface area contributed by atoms with Gasteiger partial charge in [0.15, 0.2) is 0 Å². The van der Waals surface area contributed by atoms with Gasteiger partial charge in [-0.15, -0.1) is 0 Å². The molecular weight excluding hydrogens is 266 g/mol. The molecule has 5 nitrogen and oxygen atoms in total. The lowest BCUT2D eigenvalue weighted by Gasteiger charge is -2.18. The summed E-state index contributed by atoms with van der Waals surface area (Å²) in [6.45, 7) is 13.5. The van der Waals surface area contributed by atoms with E-state index in [1.165, 1.54) is 0 Å². The minimum absolute atomic E-state index is 0.213. The Morgan fingerprint density at radius 1 is 1.24 bits per heavy atom. The summed E-state index contributed by atoms with van der Waals surface area (Å²) in [5.41, 5.74) is 1.07. The van der Waals surface area contributed by atoms with E-state index >= 15 is 0 Å². The summed E-state index contributed by atoms with van der Waals surface area (Å²) in [5, 5.41) is 2.97. The second kappa shape index (κ2) is 14.9. The zero-order valence-electron chi connectivity index (χ0n) is 14.5. The minimum atomic E-state index is 0.213. The molecule has 2 heterocycles. The van der Waals surface area contributed by atoms with Crippen molar-refractivity contribution >= 4 is 12.1 Å². The Hall–Kier alpha value is -1.49. The molecule has 122 valence electrons. The van der Waals surface area contributed by atoms with Crippen molar-refractivity contribution in [1.29, 1.82) is 0 Å². The number of nitrogens with one attached hydrogen (secondary N) is 1. The van der Waals surface area contributed by atoms with E-state index in [4.69, 9.17) is 4.74 Å². The fraction of sp³-hybridized carbons (Fsp3) is 0.688. The number of carbonyl (C=O) groups is 1. The van der Waals surface area contributed by atoms with Crippen molar-refractivity contribution in [2.75, 3.05) is 25.6 Å². The van der Waals surface area contributed by atoms with Gasteiger partial charge in [0.25, 0.3) is 0 Å². The van der Waals surface area contributed by atoms with Crippen molar-refractivity contribution in [3.05, 3.63) is 18.1 Å². The smallest absolute Gasteiger partial charge is 0.129 e. The maximum atomic E-state index is 9.71. The predicted molar refractivity (Wildman–Crippen MR) is 88.7 cm³/mol. The zero-order chi connectivity index (χ0) is 16.7. The number of hydrogen-bond acceptors (Lipinski definition) is 5. The molecule has 0 amide bonds. The van der Waals surface area contributed by atoms with Crippen molar-refractivity contribution < 1.29 is 9.53 Å². The Bertz CT molecular complexity index is 353. The average molecular weight is 297 g/mol. The zero-order valence-corrected chi connectivity index (χ0v) is 14.5. The largest absolute Gasteiger partial charge is 0.380 e. The number of aldehydes is 1. The van der Waals surface area contributed by atoms with Gasteiger partial charge in [0.2, 0.25) is 0 Å². The molecule has 2 rings (SSSR count). The Labute approximate surface area is 129 Å². The standard InChI is InChI=1S/C8H13N3.C4H6O2.2C2H6/c1-6(2)7-4-8(9-3)11-5-10-7;5-1-4-2-6-3-4;2*1-2/h4-6H,1-3H3,(H,9,10,11);1,4H,2-3H2;2*1-2H3. The van der Waals surface area contributed by atoms with Crippen LogP contribution in [0.2, 0.25) is 0 Å². The number of aromatic nitrogens is 2. The second-order valence-electron chi connectivity index (χ2n) is 4.17. The highest BCUT2D eigenvalue weighted by Crippen LogP contribution is 2.12. The fourth-order valence-corrected chi connectivity index (χ4v) is 1.16. The van der Waals surface area contributed by atoms with E-state index in [1.54, 1.807) is 6.33 Å². The van der Waals surface area contributed by atoms with E-state index in [0.717, 1.165) is 17.8 Å². The van der Waals surface area contributed by atoms with Crippen molar-refractivity contribution in [2.24, 2.45) is 5.92 Å². The van der Waals surface area contributed by atoms with Crippen LogP contribution in [0.1, 0.15) is 53.2 Å². The summed E-state index contributed by atoms with van der Waals surface area (Å²) < 4.78 is 4.69. The predicted octanol–water partition coefficient (Wildman–Crippen LogP) is 3.53. The van der Waals surface area contributed by atoms with Gasteiger partial charge in [-0.2, -0.15) is 0 Å². The summed E-state index contributed by atoms with van der Waals surface area (Å²) in [6, 6.07) is 1.96. The topological polar surface area (TPSA) is 64.1 Å². The van der Waals surface area contributed by atoms with Gasteiger partial charge in [-0.3, -0.25) is 0 Å². The van der Waals surface area contributed by atoms with E-state index in [1.807, 2.05) is 40.8 Å². The van der Waals surface area contributed by atoms with E-state index in [9.17, 15) is 4.79 Å². The summed E-state index contributed by atoms with van der Waals surface area (Å²) in [5.74, 6) is 1.55. The van der Waals surface area contributed by atoms with Crippen LogP contribution in [0.4, 0.5) is 5.82 Å². The molecule has 0 unspecified atom stereocenters. The highest BCUT2D eigenvalue weighted by Gasteiger charge is 2.15. The van der Waals surface area contributed by atoms with Crippen LogP contribution in [0.3, 0.4) is 0 Å². The molecule has 0 atom stereocenters. The summed E-state index contributed by atoms with van der Waals surface area (Å²) in [6.07, 6.45) is 2.52. The lowest BCUT2D eigenvalue weighted by atomic mass is 10.1. The van der Waals surface area contributed by atoms with Gasteiger partial charge in [-0.25, -0.2) is 9.97 Å². The summed E-state index contributed by atoms with van der Waals surface area (Å²) in [7, 11) is 1.85. The molecule has 0 saturated carbocycles. The van der Waals surface area contributed by atoms with Gasteiger partial charge in [-0.1, -0.05) is 41.5 Å². The number of rotatable bonds is 3. The van der Waals surface area contributed by atoms with Crippen molar-refractivity contribution in [3.63, 3.8) is 0 Å². The molecular formula is C16H31N3O2. The highest BCUT2D eigenvalue weighted by molar-refractivity contribution is 5.54. The van der Waals surface area contributed by atoms with Crippen molar-refractivity contribution in [2.45, 2.75) is 47.5 Å². The van der Waals surface area contributed by atoms with E-state index in [2.05, 4.69) is 29.1 Å². The maximum absolute atomic E-state index is 9.71. The monoisotopic (exact) mass is 297 g/mol. The number of ether oxygens (including phenoxy) is 1. The van der Waals surface area contributed by atoms with Crippen LogP contribution in [0.15, 0.2) is 12.4 Å². The van der Waals surface area contributed by atoms with Crippen LogP contribution in [-0.2, 0) is 9.53 Å². The Morgan fingerprint density at radius 2 is 1.81 bits per heavy atom. The molecule has 0 aliphatic carbocycles. The third-order valence-corrected chi connectivity index (χ3v) is 2.39. The first kappa shape index (κ1) is 21.8. The molecule has 1 N–H and O–H groups in total. The van der Waals surface area contributed by atoms with Gasteiger partial charge in [-0.05, 0) is 5.92 Å². The molecule has 1 aliphatic heterocycles. The fourth-order valence-electron chi connectivity index (χ4n) is 1.16. The van der Waals surface area contributed by atoms with Gasteiger partial charge in [0, 0.05) is 18.8 Å². The molecule has 1 fully saturated rings. The number of hydrogen-bond donors (Lipinski definition) is 1. The third kappa shape index (κ3) is 9.96. The van der Waals surface area contributed by atoms with Crippen LogP contribution >= 0.6 is 0 Å². The molecule has 1 saturated heterocycles. The Kier molecular flexibility index (Phi) is 15.5. The molecule has 21 heavy (non-hydrogen) atoms. The van der Waals surface area contributed by atoms with Crippen LogP contribution in [0.5, 0.6) is 0 Å². The van der Waals surface area contributed by atoms with E-state index < -0.39 is 0 Å². The van der Waals surface area contributed by atoms with Crippen LogP contribution in [0, 0.1) is 5.92 Å². The van der Waals surface area contributed by atoms with Gasteiger partial charge in [0.1, 0.15) is 18.4 Å². The number of carbonyl (C=O) groups excluding carboxylic acids is 1. The SMILES string of the molecule is CC.CC.CNc1cc(C(C)C)ncn1.O=CC1COC1. The molecule has 1 aromatic rings. The molecule has 0 aromatic carbocycles. The maximum Gasteiger partial charge on any atom is 0.129 e. The van der Waals surface area contributed by atoms with Crippen LogP contribution in [-0.4, -0.2) is 36.5 Å². The molecule has 0 spiro atoms. The average Bonchev–Trinajstić information content (AvgIpc) is 2.51. The molecule has 5 heteroatoms. The summed E-state index contributed by atoms with van der Waals surface area (Å²) >= 11 is 0. The van der Waals surface area contributed by atoms with Gasteiger partial charge < -0.3 is 14.8 Å². The first-order chi connectivity index (χ1) is 10.2. The quantitative estimate of drug-likeness (QED) is 0.865. The van der Waals surface area contributed by atoms with E-state index in [0.29, 0.717) is 19.1 Å². The van der Waals surface area contributed by atoms with Crippen molar-refractivity contribution in [1.82, 2.24) is 9.97 Å². The first-order valence-corrected chi connectivity index (χ1v) is 7.70. The number of nitrogens with zero attached hydrogens (tertiary/aromatic N) is 2. The van der Waals surface area contributed by atoms with E-state index in [-0.39, 0.29) is 5.92 Å². The lowest BCUT2D eigenvalue weighted by molar-refractivity contribution is -0.123. The van der Waals surface area contributed by atoms with Gasteiger partial charge in [0.05, 0.1) is 19.1 Å². The minimum Gasteiger partial charge on any atom is -0.380 e. The summed E-state index contributed by atoms with van der Waals surface area (Å²) in [4.78, 5) is 17.9. The third-order valence-electron chi connectivity index (χ3n) is 2.39.